The highest BCUT2D eigenvalue weighted by Crippen LogP contribution is 2.25. The first-order valence-corrected chi connectivity index (χ1v) is 8.97. The molecule has 0 aliphatic carbocycles. The molecule has 0 amide bonds. The number of hydrogen-bond donors (Lipinski definition) is 1. The zero-order valence-electron chi connectivity index (χ0n) is 12.9. The summed E-state index contributed by atoms with van der Waals surface area (Å²) in [4.78, 5) is 0.0514. The van der Waals surface area contributed by atoms with Crippen molar-refractivity contribution in [2.45, 2.75) is 30.3 Å². The van der Waals surface area contributed by atoms with E-state index in [2.05, 4.69) is 5.32 Å². The molecule has 0 spiro atoms. The quantitative estimate of drug-likeness (QED) is 0.887. The van der Waals surface area contributed by atoms with Gasteiger partial charge in [-0.05, 0) is 50.0 Å². The molecule has 1 N–H and O–H groups in total. The Morgan fingerprint density at radius 1 is 1.17 bits per heavy atom. The molecule has 1 aliphatic heterocycles. The molecule has 130 valence electrons. The van der Waals surface area contributed by atoms with Gasteiger partial charge in [0.05, 0.1) is 11.3 Å². The van der Waals surface area contributed by atoms with Crippen LogP contribution < -0.4 is 5.32 Å². The number of nitrogens with one attached hydrogen (secondary N) is 1. The van der Waals surface area contributed by atoms with Crippen molar-refractivity contribution in [3.8, 4) is 0 Å². The van der Waals surface area contributed by atoms with Crippen LogP contribution >= 0.6 is 0 Å². The highest BCUT2D eigenvalue weighted by atomic mass is 32.2. The van der Waals surface area contributed by atoms with E-state index in [1.54, 1.807) is 0 Å². The third kappa shape index (κ3) is 4.92. The maximum Gasteiger partial charge on any atom is 0.393 e. The van der Waals surface area contributed by atoms with E-state index in [0.29, 0.717) is 19.0 Å². The summed E-state index contributed by atoms with van der Waals surface area (Å²) in [5.41, 5.74) is 0.0594. The van der Waals surface area contributed by atoms with Gasteiger partial charge in [-0.3, -0.25) is 0 Å². The number of alkyl halides is 3. The van der Waals surface area contributed by atoms with Gasteiger partial charge in [0.1, 0.15) is 0 Å². The molecule has 23 heavy (non-hydrogen) atoms. The number of rotatable bonds is 5. The highest BCUT2D eigenvalue weighted by molar-refractivity contribution is 7.89. The molecule has 0 radical (unpaired) electrons. The smallest absolute Gasteiger partial charge is 0.319 e. The van der Waals surface area contributed by atoms with Gasteiger partial charge >= 0.3 is 6.18 Å². The molecule has 1 aromatic carbocycles. The molecule has 1 heterocycles. The minimum absolute atomic E-state index is 0.0514. The van der Waals surface area contributed by atoms with Crippen molar-refractivity contribution in [2.75, 3.05) is 26.7 Å². The van der Waals surface area contributed by atoms with Crippen LogP contribution in [0.15, 0.2) is 29.2 Å². The third-order valence-corrected chi connectivity index (χ3v) is 5.94. The molecule has 0 unspecified atom stereocenters. The molecule has 0 atom stereocenters. The van der Waals surface area contributed by atoms with Gasteiger partial charge < -0.3 is 5.32 Å². The Hall–Kier alpha value is -1.12. The molecular formula is C15H21F3N2O2S. The number of nitrogens with zero attached hydrogens (tertiary/aromatic N) is 1. The van der Waals surface area contributed by atoms with Crippen LogP contribution in [0.4, 0.5) is 13.2 Å². The summed E-state index contributed by atoms with van der Waals surface area (Å²) < 4.78 is 63.5. The predicted octanol–water partition coefficient (Wildman–Crippen LogP) is 2.41. The topological polar surface area (TPSA) is 49.4 Å². The van der Waals surface area contributed by atoms with Crippen molar-refractivity contribution in [3.63, 3.8) is 0 Å². The Bertz CT molecular complexity index is 607. The van der Waals surface area contributed by atoms with Crippen LogP contribution in [0.3, 0.4) is 0 Å². The monoisotopic (exact) mass is 350 g/mol. The van der Waals surface area contributed by atoms with Gasteiger partial charge in [-0.15, -0.1) is 0 Å². The summed E-state index contributed by atoms with van der Waals surface area (Å²) in [6.07, 6.45) is -3.78. The average molecular weight is 350 g/mol. The van der Waals surface area contributed by atoms with Crippen molar-refractivity contribution in [2.24, 2.45) is 5.92 Å². The first kappa shape index (κ1) is 18.2. The number of halogens is 3. The summed E-state index contributed by atoms with van der Waals surface area (Å²) in [5.74, 6) is 0.459. The van der Waals surface area contributed by atoms with E-state index >= 15 is 0 Å². The van der Waals surface area contributed by atoms with E-state index in [9.17, 15) is 21.6 Å². The number of piperidine rings is 1. The van der Waals surface area contributed by atoms with E-state index in [0.717, 1.165) is 19.4 Å². The highest BCUT2D eigenvalue weighted by Gasteiger charge is 2.30. The maximum atomic E-state index is 12.5. The molecule has 1 saturated heterocycles. The zero-order chi connectivity index (χ0) is 17.1. The molecule has 1 aliphatic rings. The SMILES string of the molecule is CNCC1CCN(S(=O)(=O)c2ccc(CC(F)(F)F)cc2)CC1. The van der Waals surface area contributed by atoms with Gasteiger partial charge in [0, 0.05) is 13.1 Å². The van der Waals surface area contributed by atoms with Crippen LogP contribution in [0.1, 0.15) is 18.4 Å². The molecule has 4 nitrogen and oxygen atoms in total. The van der Waals surface area contributed by atoms with Gasteiger partial charge in [-0.2, -0.15) is 17.5 Å². The summed E-state index contributed by atoms with van der Waals surface area (Å²) in [6.45, 7) is 1.75. The molecule has 0 bridgehead atoms. The van der Waals surface area contributed by atoms with Crippen molar-refractivity contribution < 1.29 is 21.6 Å². The molecule has 0 aromatic heterocycles. The first-order valence-electron chi connectivity index (χ1n) is 7.53. The van der Waals surface area contributed by atoms with Crippen molar-refractivity contribution >= 4 is 10.0 Å². The lowest BCUT2D eigenvalue weighted by Crippen LogP contribution is -2.40. The summed E-state index contributed by atoms with van der Waals surface area (Å²) in [7, 11) is -1.76. The van der Waals surface area contributed by atoms with E-state index in [1.807, 2.05) is 7.05 Å². The molecule has 8 heteroatoms. The fourth-order valence-electron chi connectivity index (χ4n) is 2.80. The summed E-state index contributed by atoms with van der Waals surface area (Å²) >= 11 is 0. The Balaban J connectivity index is 2.05. The summed E-state index contributed by atoms with van der Waals surface area (Å²) in [6, 6.07) is 4.98. The van der Waals surface area contributed by atoms with Crippen LogP contribution in [0.5, 0.6) is 0 Å². The van der Waals surface area contributed by atoms with E-state index in [1.165, 1.54) is 28.6 Å². The Morgan fingerprint density at radius 3 is 2.22 bits per heavy atom. The standard InChI is InChI=1S/C15H21F3N2O2S/c1-19-11-13-6-8-20(9-7-13)23(21,22)14-4-2-12(3-5-14)10-15(16,17)18/h2-5,13,19H,6-11H2,1H3. The van der Waals surface area contributed by atoms with Gasteiger partial charge in [0.25, 0.3) is 0 Å². The Labute approximate surface area is 134 Å². The van der Waals surface area contributed by atoms with Gasteiger partial charge in [-0.25, -0.2) is 8.42 Å². The molecule has 1 fully saturated rings. The van der Waals surface area contributed by atoms with E-state index in [4.69, 9.17) is 0 Å². The normalized spacial score (nSPS) is 18.3. The Morgan fingerprint density at radius 2 is 1.74 bits per heavy atom. The van der Waals surface area contributed by atoms with E-state index in [-0.39, 0.29) is 10.5 Å². The largest absolute Gasteiger partial charge is 0.393 e. The van der Waals surface area contributed by atoms with Crippen molar-refractivity contribution in [1.82, 2.24) is 9.62 Å². The predicted molar refractivity (Wildman–Crippen MR) is 81.6 cm³/mol. The van der Waals surface area contributed by atoms with Crippen molar-refractivity contribution in [1.29, 1.82) is 0 Å². The lowest BCUT2D eigenvalue weighted by atomic mass is 9.98. The maximum absolute atomic E-state index is 12.5. The fraction of sp³-hybridized carbons (Fsp3) is 0.600. The van der Waals surface area contributed by atoms with Crippen LogP contribution in [0.25, 0.3) is 0 Å². The average Bonchev–Trinajstić information content (AvgIpc) is 2.47. The fourth-order valence-corrected chi connectivity index (χ4v) is 4.27. The van der Waals surface area contributed by atoms with Crippen LogP contribution in [0.2, 0.25) is 0 Å². The molecular weight excluding hydrogens is 329 g/mol. The number of benzene rings is 1. The van der Waals surface area contributed by atoms with E-state index < -0.39 is 22.6 Å². The molecule has 2 rings (SSSR count). The van der Waals surface area contributed by atoms with Crippen LogP contribution in [0, 0.1) is 5.92 Å². The molecule has 0 saturated carbocycles. The second-order valence-corrected chi connectivity index (χ2v) is 7.78. The van der Waals surface area contributed by atoms with Gasteiger partial charge in [-0.1, -0.05) is 12.1 Å². The third-order valence-electron chi connectivity index (χ3n) is 4.03. The zero-order valence-corrected chi connectivity index (χ0v) is 13.8. The van der Waals surface area contributed by atoms with Crippen molar-refractivity contribution in [3.05, 3.63) is 29.8 Å². The lowest BCUT2D eigenvalue weighted by molar-refractivity contribution is -0.127. The van der Waals surface area contributed by atoms with Crippen LogP contribution in [-0.2, 0) is 16.4 Å². The summed E-state index contributed by atoms with van der Waals surface area (Å²) in [5, 5.41) is 3.09. The minimum Gasteiger partial charge on any atom is -0.319 e. The number of hydrogen-bond acceptors (Lipinski definition) is 3. The van der Waals surface area contributed by atoms with Gasteiger partial charge in [0.15, 0.2) is 0 Å². The number of sulfonamides is 1. The van der Waals surface area contributed by atoms with Crippen LogP contribution in [-0.4, -0.2) is 45.6 Å². The Kier molecular flexibility index (Phi) is 5.70. The first-order chi connectivity index (χ1) is 10.7. The lowest BCUT2D eigenvalue weighted by Gasteiger charge is -2.31. The molecule has 1 aromatic rings. The van der Waals surface area contributed by atoms with Gasteiger partial charge in [0.2, 0.25) is 10.0 Å². The second-order valence-electron chi connectivity index (χ2n) is 5.84. The minimum atomic E-state index is -4.30. The second kappa shape index (κ2) is 7.19.